The van der Waals surface area contributed by atoms with Crippen molar-refractivity contribution in [3.05, 3.63) is 7.43 Å². The number of carbonyl (C=O) groups is 2. The van der Waals surface area contributed by atoms with Gasteiger partial charge in [0.15, 0.2) is 0 Å². The maximum absolute atomic E-state index is 9.87. The second kappa shape index (κ2) is 28.0. The second-order valence-electron chi connectivity index (χ2n) is 4.55. The van der Waals surface area contributed by atoms with Gasteiger partial charge < -0.3 is 27.9 Å². The molecule has 0 atom stereocenters. The van der Waals surface area contributed by atoms with Crippen molar-refractivity contribution in [1.82, 2.24) is 0 Å². The number of carboxylic acid groups (broad SMARTS) is 1. The quantitative estimate of drug-likeness (QED) is 0.344. The van der Waals surface area contributed by atoms with Gasteiger partial charge in [-0.05, 0) is 48.5 Å². The number of rotatable bonds is 2. The van der Waals surface area contributed by atoms with Crippen molar-refractivity contribution >= 4 is 11.8 Å². The Morgan fingerprint density at radius 3 is 0.952 bits per heavy atom. The molecule has 0 bridgehead atoms. The van der Waals surface area contributed by atoms with Crippen LogP contribution >= 0.6 is 0 Å². The molecule has 4 N–H and O–H groups in total. The molecule has 0 unspecified atom stereocenters. The molecule has 0 saturated carbocycles. The topological polar surface area (TPSA) is 115 Å². The summed E-state index contributed by atoms with van der Waals surface area (Å²) in [6.45, 7) is 11.6. The van der Waals surface area contributed by atoms with E-state index in [1.807, 2.05) is 0 Å². The summed E-state index contributed by atoms with van der Waals surface area (Å²) in [4.78, 5) is 19.5. The van der Waals surface area contributed by atoms with Gasteiger partial charge in [-0.1, -0.05) is 0 Å². The monoisotopic (exact) mass is 345 g/mol. The zero-order valence-corrected chi connectivity index (χ0v) is 16.1. The van der Waals surface area contributed by atoms with Crippen LogP contribution in [-0.4, -0.2) is 50.5 Å². The maximum atomic E-state index is 9.87. The van der Waals surface area contributed by atoms with E-state index in [2.05, 4.69) is 0 Å². The van der Waals surface area contributed by atoms with Gasteiger partial charge in [-0.3, -0.25) is 9.59 Å². The molecule has 0 amide bonds. The van der Waals surface area contributed by atoms with Crippen molar-refractivity contribution in [2.45, 2.75) is 73.2 Å². The molecule has 6 nitrogen and oxygen atoms in total. The first-order valence-electron chi connectivity index (χ1n) is 6.08. The Labute approximate surface area is 144 Å². The van der Waals surface area contributed by atoms with Crippen molar-refractivity contribution in [3.8, 4) is 0 Å². The van der Waals surface area contributed by atoms with Gasteiger partial charge in [0.1, 0.15) is 12.2 Å². The molecule has 0 rings (SSSR count). The van der Waals surface area contributed by atoms with Gasteiger partial charge in [-0.2, -0.15) is 0 Å². The third-order valence-electron chi connectivity index (χ3n) is 0.400. The molecule has 0 aromatic rings. The zero-order valence-electron chi connectivity index (χ0n) is 14.5. The average Bonchev–Trinajstić information content (AvgIpc) is 1.95. The number of hydrogen-bond acceptors (Lipinski definition) is 5. The Morgan fingerprint density at radius 2 is 0.952 bits per heavy atom. The summed E-state index contributed by atoms with van der Waals surface area (Å²) in [7, 11) is 0. The van der Waals surface area contributed by atoms with Crippen LogP contribution in [0.3, 0.4) is 0 Å². The van der Waals surface area contributed by atoms with E-state index in [0.29, 0.717) is 0 Å². The number of ketones is 1. The van der Waals surface area contributed by atoms with Crippen molar-refractivity contribution in [3.63, 3.8) is 0 Å². The van der Waals surface area contributed by atoms with Crippen molar-refractivity contribution in [2.24, 2.45) is 0 Å². The van der Waals surface area contributed by atoms with E-state index < -0.39 is 5.97 Å². The summed E-state index contributed by atoms with van der Waals surface area (Å²) in [5, 5.41) is 32.0. The predicted molar refractivity (Wildman–Crippen MR) is 81.4 cm³/mol. The molecule has 0 aromatic heterocycles. The van der Waals surface area contributed by atoms with Crippen LogP contribution in [0.15, 0.2) is 0 Å². The Kier molecular flexibility index (Phi) is 49.6. The minimum atomic E-state index is -1.06. The molecule has 0 saturated heterocycles. The molecule has 130 valence electrons. The Morgan fingerprint density at radius 1 is 0.810 bits per heavy atom. The van der Waals surface area contributed by atoms with E-state index in [0.717, 1.165) is 0 Å². The van der Waals surface area contributed by atoms with Gasteiger partial charge in [0, 0.05) is 40.0 Å². The van der Waals surface area contributed by atoms with E-state index in [1.165, 1.54) is 6.92 Å². The third kappa shape index (κ3) is 445. The van der Waals surface area contributed by atoms with E-state index >= 15 is 0 Å². The third-order valence-corrected chi connectivity index (χ3v) is 0.400. The van der Waals surface area contributed by atoms with Crippen LogP contribution in [0.4, 0.5) is 0 Å². The normalized spacial score (nSPS) is 7.86. The van der Waals surface area contributed by atoms with Crippen LogP contribution < -0.4 is 0 Å². The van der Waals surface area contributed by atoms with Crippen LogP contribution in [0.2, 0.25) is 0 Å². The molecule has 0 radical (unpaired) electrons. The van der Waals surface area contributed by atoms with Crippen molar-refractivity contribution in [1.29, 1.82) is 0 Å². The molecular formula is C14H33O6Ti-. The molecular weight excluding hydrogens is 312 g/mol. The second-order valence-corrected chi connectivity index (χ2v) is 4.55. The number of Topliss-reactive ketones (excluding diaryl/α,β-unsaturated/α-hetero) is 1. The smallest absolute Gasteiger partial charge is 0.310 e. The molecule has 0 aliphatic heterocycles. The molecule has 0 heterocycles. The molecule has 7 heteroatoms. The molecule has 0 aliphatic carbocycles. The summed E-state index contributed by atoms with van der Waals surface area (Å²) >= 11 is 0. The van der Waals surface area contributed by atoms with Crippen molar-refractivity contribution < 1.29 is 51.7 Å². The van der Waals surface area contributed by atoms with Gasteiger partial charge in [0.25, 0.3) is 0 Å². The fourth-order valence-corrected chi connectivity index (χ4v) is 0.213. The largest absolute Gasteiger partial charge is 0.481 e. The van der Waals surface area contributed by atoms with Crippen LogP contribution in [0.25, 0.3) is 0 Å². The van der Waals surface area contributed by atoms with E-state index in [1.54, 1.807) is 41.5 Å². The van der Waals surface area contributed by atoms with Gasteiger partial charge >= 0.3 is 5.97 Å². The first kappa shape index (κ1) is 37.2. The van der Waals surface area contributed by atoms with Gasteiger partial charge in [0.2, 0.25) is 0 Å². The Bertz CT molecular complexity index is 171. The Hall–Kier alpha value is -0.266. The molecule has 21 heavy (non-hydrogen) atoms. The number of carbonyl (C=O) groups excluding carboxylic acids is 1. The van der Waals surface area contributed by atoms with Crippen molar-refractivity contribution in [2.75, 3.05) is 0 Å². The summed E-state index contributed by atoms with van der Waals surface area (Å²) in [6.07, 6.45) is -0.861. The Balaban J connectivity index is -0.0000000359. The SMILES string of the molecule is CC(=O)CC(=O)O.CC(C)O.CC(C)O.CC(C)O.[CH3-].[Ti]. The van der Waals surface area contributed by atoms with E-state index in [9.17, 15) is 9.59 Å². The van der Waals surface area contributed by atoms with Crippen LogP contribution in [0, 0.1) is 7.43 Å². The van der Waals surface area contributed by atoms with Crippen LogP contribution in [0.1, 0.15) is 54.9 Å². The molecule has 0 fully saturated rings. The van der Waals surface area contributed by atoms with Gasteiger partial charge in [0.05, 0.1) is 0 Å². The minimum absolute atomic E-state index is 0. The molecule has 0 spiro atoms. The molecule has 0 aliphatic rings. The van der Waals surface area contributed by atoms with Crippen LogP contribution in [-0.2, 0) is 31.3 Å². The zero-order chi connectivity index (χ0) is 16.6. The first-order chi connectivity index (χ1) is 8.32. The number of hydrogen-bond donors (Lipinski definition) is 4. The summed E-state index contributed by atoms with van der Waals surface area (Å²) in [5.41, 5.74) is 0. The number of carboxylic acids is 1. The summed E-state index contributed by atoms with van der Waals surface area (Å²) < 4.78 is 0. The van der Waals surface area contributed by atoms with Crippen LogP contribution in [0.5, 0.6) is 0 Å². The average molecular weight is 345 g/mol. The maximum Gasteiger partial charge on any atom is 0.310 e. The first-order valence-corrected chi connectivity index (χ1v) is 6.08. The summed E-state index contributed by atoms with van der Waals surface area (Å²) in [6, 6.07) is 0. The molecule has 0 aromatic carbocycles. The minimum Gasteiger partial charge on any atom is -0.481 e. The van der Waals surface area contributed by atoms with E-state index in [4.69, 9.17) is 20.4 Å². The fraction of sp³-hybridized carbons (Fsp3) is 0.786. The fourth-order valence-electron chi connectivity index (χ4n) is 0.213. The predicted octanol–water partition coefficient (Wildman–Crippen LogP) is 1.66. The number of aliphatic carboxylic acids is 1. The van der Waals surface area contributed by atoms with Gasteiger partial charge in [-0.25, -0.2) is 0 Å². The number of aliphatic hydroxyl groups is 3. The van der Waals surface area contributed by atoms with E-state index in [-0.39, 0.29) is 59.7 Å². The standard InChI is InChI=1S/C4H6O3.3C3H8O.CH3.Ti/c1-3(5)2-4(6)7;3*1-3(2)4;;/h2H2,1H3,(H,6,7);3*3-4H,1-2H3;1H3;/q;;;;-1;. The summed E-state index contributed by atoms with van der Waals surface area (Å²) in [5.74, 6) is -1.37. The van der Waals surface area contributed by atoms with Gasteiger partial charge in [-0.15, -0.1) is 0 Å². The number of aliphatic hydroxyl groups excluding tert-OH is 3.